The van der Waals surface area contributed by atoms with Crippen molar-refractivity contribution in [3.05, 3.63) is 54.0 Å². The molecule has 1 aromatic carbocycles. The number of aromatic nitrogens is 3. The molecular formula is C15H16N4S. The Labute approximate surface area is 122 Å². The molecule has 0 fully saturated rings. The van der Waals surface area contributed by atoms with Gasteiger partial charge in [0.05, 0.1) is 0 Å². The highest BCUT2D eigenvalue weighted by molar-refractivity contribution is 7.80. The number of nitrogens with two attached hydrogens (primary N) is 1. The van der Waals surface area contributed by atoms with E-state index in [4.69, 9.17) is 18.0 Å². The van der Waals surface area contributed by atoms with Crippen LogP contribution in [0.1, 0.15) is 11.3 Å². The number of aryl methyl sites for hydroxylation is 3. The minimum absolute atomic E-state index is 0.439. The second-order valence-corrected chi connectivity index (χ2v) is 5.28. The van der Waals surface area contributed by atoms with Crippen molar-refractivity contribution >= 4 is 28.1 Å². The van der Waals surface area contributed by atoms with Crippen LogP contribution in [0.3, 0.4) is 0 Å². The summed E-state index contributed by atoms with van der Waals surface area (Å²) in [6, 6.07) is 10.2. The van der Waals surface area contributed by atoms with Gasteiger partial charge in [0.25, 0.3) is 0 Å². The molecule has 2 N–H and O–H groups in total. The van der Waals surface area contributed by atoms with Gasteiger partial charge >= 0.3 is 0 Å². The van der Waals surface area contributed by atoms with Gasteiger partial charge in [0.15, 0.2) is 0 Å². The van der Waals surface area contributed by atoms with Crippen molar-refractivity contribution < 1.29 is 0 Å². The van der Waals surface area contributed by atoms with Crippen LogP contribution < -0.4 is 5.73 Å². The summed E-state index contributed by atoms with van der Waals surface area (Å²) >= 11 is 5.01. The Hall–Kier alpha value is -2.14. The van der Waals surface area contributed by atoms with Gasteiger partial charge < -0.3 is 10.3 Å². The molecule has 0 amide bonds. The minimum Gasteiger partial charge on any atom is -0.389 e. The van der Waals surface area contributed by atoms with E-state index in [0.717, 1.165) is 18.5 Å². The summed E-state index contributed by atoms with van der Waals surface area (Å²) in [5.41, 5.74) is 9.01. The average molecular weight is 284 g/mol. The lowest BCUT2D eigenvalue weighted by Gasteiger charge is -2.06. The first kappa shape index (κ1) is 12.9. The third kappa shape index (κ3) is 2.32. The number of fused-ring (bicyclic) bond motifs is 1. The maximum absolute atomic E-state index is 5.67. The second-order valence-electron chi connectivity index (χ2n) is 4.84. The maximum atomic E-state index is 5.67. The first-order chi connectivity index (χ1) is 9.65. The maximum Gasteiger partial charge on any atom is 0.104 e. The summed E-state index contributed by atoms with van der Waals surface area (Å²) in [5.74, 6) is 0. The summed E-state index contributed by atoms with van der Waals surface area (Å²) in [7, 11) is 1.97. The number of hydrogen-bond donors (Lipinski definition) is 1. The molecular weight excluding hydrogens is 268 g/mol. The van der Waals surface area contributed by atoms with Gasteiger partial charge in [0, 0.05) is 54.6 Å². The lowest BCUT2D eigenvalue weighted by molar-refractivity contribution is 0.649. The van der Waals surface area contributed by atoms with Crippen molar-refractivity contribution in [3.8, 4) is 0 Å². The SMILES string of the molecule is Cn1nccc1CCn1ccc2cc(C(N)=S)ccc21. The molecule has 0 aliphatic carbocycles. The Kier molecular flexibility index (Phi) is 3.28. The van der Waals surface area contributed by atoms with Crippen molar-refractivity contribution in [2.45, 2.75) is 13.0 Å². The van der Waals surface area contributed by atoms with Crippen LogP contribution in [0.15, 0.2) is 42.7 Å². The van der Waals surface area contributed by atoms with Crippen LogP contribution in [0, 0.1) is 0 Å². The van der Waals surface area contributed by atoms with Crippen LogP contribution in [0.4, 0.5) is 0 Å². The molecule has 0 bridgehead atoms. The minimum atomic E-state index is 0.439. The van der Waals surface area contributed by atoms with E-state index in [1.165, 1.54) is 16.6 Å². The van der Waals surface area contributed by atoms with E-state index in [2.05, 4.69) is 34.1 Å². The number of nitrogens with zero attached hydrogens (tertiary/aromatic N) is 3. The topological polar surface area (TPSA) is 48.8 Å². The van der Waals surface area contributed by atoms with E-state index >= 15 is 0 Å². The molecule has 0 atom stereocenters. The standard InChI is InChI=1S/C15H16N4S/c1-18-13(4-7-17-18)6-9-19-8-5-11-10-12(15(16)20)2-3-14(11)19/h2-5,7-8,10H,6,9H2,1H3,(H2,16,20). The van der Waals surface area contributed by atoms with Crippen LogP contribution >= 0.6 is 12.2 Å². The molecule has 2 heterocycles. The van der Waals surface area contributed by atoms with E-state index in [-0.39, 0.29) is 0 Å². The van der Waals surface area contributed by atoms with Gasteiger partial charge in [-0.3, -0.25) is 4.68 Å². The Morgan fingerprint density at radius 1 is 1.30 bits per heavy atom. The quantitative estimate of drug-likeness (QED) is 0.748. The first-order valence-electron chi connectivity index (χ1n) is 6.51. The van der Waals surface area contributed by atoms with Crippen molar-refractivity contribution in [1.82, 2.24) is 14.3 Å². The second kappa shape index (κ2) is 5.09. The van der Waals surface area contributed by atoms with Gasteiger partial charge in [-0.05, 0) is 30.3 Å². The molecule has 3 rings (SSSR count). The molecule has 0 aliphatic rings. The zero-order chi connectivity index (χ0) is 14.1. The number of benzene rings is 1. The summed E-state index contributed by atoms with van der Waals surface area (Å²) in [6.07, 6.45) is 4.89. The lowest BCUT2D eigenvalue weighted by Crippen LogP contribution is -2.09. The van der Waals surface area contributed by atoms with E-state index < -0.39 is 0 Å². The summed E-state index contributed by atoms with van der Waals surface area (Å²) in [6.45, 7) is 0.926. The van der Waals surface area contributed by atoms with Gasteiger partial charge in [-0.15, -0.1) is 0 Å². The number of rotatable bonds is 4. The molecule has 0 saturated carbocycles. The number of thiocarbonyl (C=S) groups is 1. The Balaban J connectivity index is 1.85. The molecule has 5 heteroatoms. The van der Waals surface area contributed by atoms with E-state index in [1.807, 2.05) is 30.1 Å². The van der Waals surface area contributed by atoms with Gasteiger partial charge in [0.2, 0.25) is 0 Å². The monoisotopic (exact) mass is 284 g/mol. The third-order valence-electron chi connectivity index (χ3n) is 3.59. The third-order valence-corrected chi connectivity index (χ3v) is 3.82. The molecule has 102 valence electrons. The molecule has 2 aromatic heterocycles. The zero-order valence-electron chi connectivity index (χ0n) is 11.3. The van der Waals surface area contributed by atoms with Gasteiger partial charge in [-0.25, -0.2) is 0 Å². The first-order valence-corrected chi connectivity index (χ1v) is 6.91. The smallest absolute Gasteiger partial charge is 0.104 e. The molecule has 0 spiro atoms. The van der Waals surface area contributed by atoms with Crippen LogP contribution in [0.5, 0.6) is 0 Å². The van der Waals surface area contributed by atoms with Crippen LogP contribution in [0.2, 0.25) is 0 Å². The van der Waals surface area contributed by atoms with Crippen molar-refractivity contribution in [2.75, 3.05) is 0 Å². The normalized spacial score (nSPS) is 11.1. The molecule has 3 aromatic rings. The Bertz CT molecular complexity index is 769. The fourth-order valence-corrected chi connectivity index (χ4v) is 2.56. The Morgan fingerprint density at radius 2 is 2.15 bits per heavy atom. The highest BCUT2D eigenvalue weighted by atomic mass is 32.1. The van der Waals surface area contributed by atoms with Crippen LogP contribution in [-0.4, -0.2) is 19.3 Å². The van der Waals surface area contributed by atoms with E-state index in [9.17, 15) is 0 Å². The predicted molar refractivity (Wildman–Crippen MR) is 84.7 cm³/mol. The summed E-state index contributed by atoms with van der Waals surface area (Å²) in [4.78, 5) is 0.439. The van der Waals surface area contributed by atoms with Gasteiger partial charge in [-0.2, -0.15) is 5.10 Å². The van der Waals surface area contributed by atoms with Crippen molar-refractivity contribution in [3.63, 3.8) is 0 Å². The molecule has 0 saturated heterocycles. The van der Waals surface area contributed by atoms with Gasteiger partial charge in [-0.1, -0.05) is 12.2 Å². The molecule has 4 nitrogen and oxygen atoms in total. The van der Waals surface area contributed by atoms with E-state index in [0.29, 0.717) is 4.99 Å². The fourth-order valence-electron chi connectivity index (χ4n) is 2.43. The lowest BCUT2D eigenvalue weighted by atomic mass is 10.1. The van der Waals surface area contributed by atoms with Crippen LogP contribution in [-0.2, 0) is 20.0 Å². The molecule has 0 aliphatic heterocycles. The average Bonchev–Trinajstić information content (AvgIpc) is 3.02. The van der Waals surface area contributed by atoms with Crippen molar-refractivity contribution in [1.29, 1.82) is 0 Å². The predicted octanol–water partition coefficient (Wildman–Crippen LogP) is 2.25. The highest BCUT2D eigenvalue weighted by Crippen LogP contribution is 2.18. The molecule has 20 heavy (non-hydrogen) atoms. The molecule has 0 radical (unpaired) electrons. The largest absolute Gasteiger partial charge is 0.389 e. The zero-order valence-corrected chi connectivity index (χ0v) is 12.1. The number of hydrogen-bond acceptors (Lipinski definition) is 2. The van der Waals surface area contributed by atoms with E-state index in [1.54, 1.807) is 0 Å². The van der Waals surface area contributed by atoms with Crippen LogP contribution in [0.25, 0.3) is 10.9 Å². The molecule has 0 unspecified atom stereocenters. The summed E-state index contributed by atoms with van der Waals surface area (Å²) < 4.78 is 4.16. The highest BCUT2D eigenvalue weighted by Gasteiger charge is 2.05. The van der Waals surface area contributed by atoms with Gasteiger partial charge in [0.1, 0.15) is 4.99 Å². The van der Waals surface area contributed by atoms with Crippen molar-refractivity contribution in [2.24, 2.45) is 12.8 Å². The Morgan fingerprint density at radius 3 is 2.85 bits per heavy atom. The summed E-state index contributed by atoms with van der Waals surface area (Å²) in [5, 5.41) is 5.36. The fraction of sp³-hybridized carbons (Fsp3) is 0.200.